The van der Waals surface area contributed by atoms with Gasteiger partial charge in [0, 0.05) is 12.1 Å². The molecular weight excluding hydrogens is 911 g/mol. The van der Waals surface area contributed by atoms with Crippen LogP contribution < -0.4 is 36.3 Å². The minimum Gasteiger partial charge on any atom is -0.504 e. The molecule has 0 atom stereocenters. The van der Waals surface area contributed by atoms with Gasteiger partial charge in [-0.2, -0.15) is 26.3 Å². The fraction of sp³-hybridized carbons (Fsp3) is 0.136. The van der Waals surface area contributed by atoms with Gasteiger partial charge in [0.2, 0.25) is 0 Å². The van der Waals surface area contributed by atoms with Gasteiger partial charge in [-0.05, 0) is 97.8 Å². The largest absolute Gasteiger partial charge is 0.504 e. The number of aryl methyl sites for hydroxylation is 2. The molecule has 0 unspecified atom stereocenters. The number of carbonyl (C=O) groups excluding carboxylic acids is 4. The molecule has 0 fully saturated rings. The van der Waals surface area contributed by atoms with Crippen molar-refractivity contribution in [2.45, 2.75) is 26.2 Å². The number of hydrogen-bond acceptors (Lipinski definition) is 10. The Labute approximate surface area is 373 Å². The zero-order valence-electron chi connectivity index (χ0n) is 35.0. The van der Waals surface area contributed by atoms with E-state index in [-0.39, 0.29) is 56.9 Å². The Balaban J connectivity index is 0.000000250. The van der Waals surface area contributed by atoms with E-state index in [1.165, 1.54) is 64.5 Å². The summed E-state index contributed by atoms with van der Waals surface area (Å²) in [5, 5.41) is 13.3. The maximum Gasteiger partial charge on any atom is 0.417 e. The highest BCUT2D eigenvalue weighted by molar-refractivity contribution is 6.08. The minimum absolute atomic E-state index is 0.0156. The molecule has 67 heavy (non-hydrogen) atoms. The third kappa shape index (κ3) is 13.8. The van der Waals surface area contributed by atoms with Gasteiger partial charge >= 0.3 is 12.4 Å². The molecule has 0 saturated carbocycles. The molecule has 0 aliphatic heterocycles. The third-order valence-corrected chi connectivity index (χ3v) is 8.58. The summed E-state index contributed by atoms with van der Waals surface area (Å²) in [7, 11) is 2.60. The van der Waals surface area contributed by atoms with Crippen LogP contribution in [-0.4, -0.2) is 52.9 Å². The van der Waals surface area contributed by atoms with Gasteiger partial charge in [-0.1, -0.05) is 0 Å². The van der Waals surface area contributed by atoms with E-state index in [2.05, 4.69) is 25.3 Å². The van der Waals surface area contributed by atoms with E-state index in [9.17, 15) is 58.7 Å². The average Bonchev–Trinajstić information content (AvgIpc) is 3.24. The van der Waals surface area contributed by atoms with Crippen LogP contribution in [0.1, 0.15) is 63.9 Å². The third-order valence-electron chi connectivity index (χ3n) is 8.58. The maximum absolute atomic E-state index is 13.9. The van der Waals surface area contributed by atoms with E-state index >= 15 is 0 Å². The molecule has 6 rings (SSSR count). The molecular formula is C44H35F9N6O8. The van der Waals surface area contributed by atoms with Crippen LogP contribution in [0.3, 0.4) is 0 Å². The molecule has 4 amide bonds. The number of primary amides is 2. The number of amides is 4. The first kappa shape index (κ1) is 51.3. The highest BCUT2D eigenvalue weighted by Crippen LogP contribution is 2.41. The minimum atomic E-state index is -4.90. The predicted molar refractivity (Wildman–Crippen MR) is 221 cm³/mol. The van der Waals surface area contributed by atoms with Gasteiger partial charge in [0.05, 0.1) is 60.2 Å². The quantitative estimate of drug-likeness (QED) is 0.0820. The van der Waals surface area contributed by atoms with Crippen LogP contribution in [0.15, 0.2) is 97.3 Å². The summed E-state index contributed by atoms with van der Waals surface area (Å²) in [5.74, 6) is -6.91. The van der Waals surface area contributed by atoms with Crippen LogP contribution in [0.2, 0.25) is 0 Å². The first-order valence-electron chi connectivity index (χ1n) is 18.6. The molecule has 0 aliphatic rings. The zero-order valence-corrected chi connectivity index (χ0v) is 35.0. The Morgan fingerprint density at radius 2 is 1.01 bits per heavy atom. The number of nitrogens with one attached hydrogen (secondary N) is 2. The first-order chi connectivity index (χ1) is 31.3. The molecule has 0 saturated heterocycles. The number of nitrogens with two attached hydrogens (primary N) is 2. The molecule has 0 spiro atoms. The van der Waals surface area contributed by atoms with Crippen molar-refractivity contribution in [1.29, 1.82) is 0 Å². The second-order valence-corrected chi connectivity index (χ2v) is 13.6. The lowest BCUT2D eigenvalue weighted by Gasteiger charge is -2.19. The lowest BCUT2D eigenvalue weighted by atomic mass is 10.0. The molecule has 2 aromatic heterocycles. The number of ether oxygens (including phenoxy) is 3. The molecule has 7 N–H and O–H groups in total. The van der Waals surface area contributed by atoms with Gasteiger partial charge in [0.25, 0.3) is 23.6 Å². The Hall–Kier alpha value is -8.37. The number of aromatic hydroxyl groups is 1. The first-order valence-corrected chi connectivity index (χ1v) is 18.6. The number of methoxy groups -OCH3 is 2. The van der Waals surface area contributed by atoms with Crippen molar-refractivity contribution in [3.05, 3.63) is 160 Å². The molecule has 352 valence electrons. The summed E-state index contributed by atoms with van der Waals surface area (Å²) in [6.07, 6.45) is -7.69. The summed E-state index contributed by atoms with van der Waals surface area (Å²) < 4.78 is 136. The molecule has 0 aliphatic carbocycles. The van der Waals surface area contributed by atoms with Crippen molar-refractivity contribution in [2.24, 2.45) is 11.5 Å². The van der Waals surface area contributed by atoms with Crippen LogP contribution >= 0.6 is 0 Å². The fourth-order valence-electron chi connectivity index (χ4n) is 5.60. The van der Waals surface area contributed by atoms with Crippen LogP contribution in [0, 0.1) is 31.3 Å². The number of rotatable bonds is 10. The number of benzene rings is 4. The number of halogens is 9. The van der Waals surface area contributed by atoms with E-state index < -0.39 is 81.4 Å². The van der Waals surface area contributed by atoms with Gasteiger partial charge in [0.15, 0.2) is 23.0 Å². The van der Waals surface area contributed by atoms with Crippen molar-refractivity contribution in [2.75, 3.05) is 24.9 Å². The number of aromatic nitrogens is 2. The molecule has 0 bridgehead atoms. The van der Waals surface area contributed by atoms with Crippen LogP contribution in [-0.2, 0) is 12.4 Å². The molecule has 4 aromatic carbocycles. The number of phenols is 1. The number of nitrogens with zero attached hydrogens (tertiary/aromatic N) is 2. The summed E-state index contributed by atoms with van der Waals surface area (Å²) in [4.78, 5) is 54.4. The summed E-state index contributed by atoms with van der Waals surface area (Å²) in [6, 6.07) is 15.1. The Morgan fingerprint density at radius 1 is 0.567 bits per heavy atom. The van der Waals surface area contributed by atoms with Gasteiger partial charge in [-0.25, -0.2) is 23.1 Å². The predicted octanol–water partition coefficient (Wildman–Crippen LogP) is 9.14. The standard InChI is InChI=1S/C22H17F4N3O4.C15H11F4N3O2.C7H7FO2/c1-11-7-14(22(24,25)26)19(21(31)29-13-4-5-15(20(27)30)28-10-13)18(8-11)33-16-6-3-12(23)9-17(16)32-2;1-7-4-9(15(17,18)19)12(10(16)5-7)14(24)22-8-2-3-11(13(20)23)21-6-8;1-10-7-4-5(8)2-3-6(7)9/h3-10H,1-2H3,(H2,27,30)(H,29,31);2-6H,1H3,(H2,20,23)(H,22,24);2-4,9H,1H3. The normalized spacial score (nSPS) is 10.9. The Morgan fingerprint density at radius 3 is 1.45 bits per heavy atom. The summed E-state index contributed by atoms with van der Waals surface area (Å²) >= 11 is 0. The molecule has 2 heterocycles. The fourth-order valence-corrected chi connectivity index (χ4v) is 5.60. The number of anilines is 2. The number of pyridine rings is 2. The van der Waals surface area contributed by atoms with Crippen molar-refractivity contribution < 1.29 is 78.0 Å². The summed E-state index contributed by atoms with van der Waals surface area (Å²) in [6.45, 7) is 2.69. The molecule has 23 heteroatoms. The van der Waals surface area contributed by atoms with Crippen molar-refractivity contribution >= 4 is 35.0 Å². The lowest BCUT2D eigenvalue weighted by molar-refractivity contribution is -0.138. The lowest BCUT2D eigenvalue weighted by Crippen LogP contribution is -2.21. The number of carbonyl (C=O) groups is 4. The maximum atomic E-state index is 13.9. The van der Waals surface area contributed by atoms with E-state index in [1.807, 2.05) is 0 Å². The number of alkyl halides is 6. The SMILES string of the molecule is COc1cc(F)ccc1O.COc1cc(F)ccc1Oc1cc(C)cc(C(F)(F)F)c1C(=O)Nc1ccc(C(N)=O)nc1.Cc1cc(F)c(C(=O)Nc2ccc(C(N)=O)nc2)c(C(F)(F)F)c1. The Kier molecular flexibility index (Phi) is 16.5. The highest BCUT2D eigenvalue weighted by atomic mass is 19.4. The average molecular weight is 947 g/mol. The van der Waals surface area contributed by atoms with E-state index in [1.54, 1.807) is 0 Å². The highest BCUT2D eigenvalue weighted by Gasteiger charge is 2.39. The topological polar surface area (TPSA) is 218 Å². The van der Waals surface area contributed by atoms with Crippen molar-refractivity contribution in [3.63, 3.8) is 0 Å². The van der Waals surface area contributed by atoms with Gasteiger partial charge in [0.1, 0.15) is 34.6 Å². The monoisotopic (exact) mass is 946 g/mol. The van der Waals surface area contributed by atoms with Gasteiger partial charge < -0.3 is 41.4 Å². The van der Waals surface area contributed by atoms with E-state index in [0.29, 0.717) is 6.07 Å². The zero-order chi connectivity index (χ0) is 50.0. The molecule has 6 aromatic rings. The van der Waals surface area contributed by atoms with Crippen LogP contribution in [0.5, 0.6) is 28.7 Å². The van der Waals surface area contributed by atoms with Gasteiger partial charge in [-0.3, -0.25) is 19.2 Å². The second kappa shape index (κ2) is 21.5. The Bertz CT molecular complexity index is 2790. The molecule has 14 nitrogen and oxygen atoms in total. The van der Waals surface area contributed by atoms with Crippen LogP contribution in [0.25, 0.3) is 0 Å². The van der Waals surface area contributed by atoms with E-state index in [4.69, 9.17) is 26.0 Å². The number of hydrogen-bond donors (Lipinski definition) is 5. The van der Waals surface area contributed by atoms with Gasteiger partial charge in [-0.15, -0.1) is 0 Å². The van der Waals surface area contributed by atoms with Crippen molar-refractivity contribution in [3.8, 4) is 28.7 Å². The van der Waals surface area contributed by atoms with E-state index in [0.717, 1.165) is 54.9 Å². The van der Waals surface area contributed by atoms with Crippen molar-refractivity contribution in [1.82, 2.24) is 9.97 Å². The second-order valence-electron chi connectivity index (χ2n) is 13.6. The van der Waals surface area contributed by atoms with Crippen LogP contribution in [0.4, 0.5) is 50.9 Å². The smallest absolute Gasteiger partial charge is 0.417 e. The molecule has 0 radical (unpaired) electrons. The number of phenolic OH excluding ortho intramolecular Hbond substituents is 1. The summed E-state index contributed by atoms with van der Waals surface area (Å²) in [5.41, 5.74) is 5.57.